The van der Waals surface area contributed by atoms with E-state index in [1.54, 1.807) is 26.0 Å². The number of amides is 1. The monoisotopic (exact) mass is 310 g/mol. The lowest BCUT2D eigenvalue weighted by atomic mass is 10.1. The van der Waals surface area contributed by atoms with E-state index in [0.717, 1.165) is 5.56 Å². The number of phenols is 1. The fraction of sp³-hybridized carbons (Fsp3) is 0.143. The Hall–Kier alpha value is -1.78. The molecule has 0 unspecified atom stereocenters. The molecule has 0 aliphatic carbocycles. The highest BCUT2D eigenvalue weighted by Gasteiger charge is 2.14. The van der Waals surface area contributed by atoms with Crippen molar-refractivity contribution in [3.05, 3.63) is 51.3 Å². The third-order valence-electron chi connectivity index (χ3n) is 2.95. The van der Waals surface area contributed by atoms with Crippen molar-refractivity contribution < 1.29 is 9.90 Å². The molecule has 104 valence electrons. The fourth-order valence-electron chi connectivity index (χ4n) is 1.75. The summed E-state index contributed by atoms with van der Waals surface area (Å²) in [5.74, 6) is -0.257. The van der Waals surface area contributed by atoms with Gasteiger partial charge in [-0.15, -0.1) is 0 Å². The zero-order chi connectivity index (χ0) is 14.9. The average molecular weight is 311 g/mol. The summed E-state index contributed by atoms with van der Waals surface area (Å²) in [5, 5.41) is 12.9. The number of benzene rings is 1. The minimum atomic E-state index is -0.411. The Morgan fingerprint density at radius 3 is 2.70 bits per heavy atom. The molecule has 2 N–H and O–H groups in total. The standard InChI is InChI=1S/C14H12Cl2N2O2/c1-7-3-4-11(8(2)13(7)19)18-14(20)9-5-12(16)17-6-10(9)15/h3-6,19H,1-2H3,(H,18,20). The molecule has 2 rings (SSSR count). The van der Waals surface area contributed by atoms with Crippen LogP contribution in [0.25, 0.3) is 0 Å². The second kappa shape index (κ2) is 5.69. The van der Waals surface area contributed by atoms with Gasteiger partial charge >= 0.3 is 0 Å². The molecule has 0 saturated carbocycles. The van der Waals surface area contributed by atoms with Crippen LogP contribution in [0.15, 0.2) is 24.4 Å². The molecule has 0 spiro atoms. The van der Waals surface area contributed by atoms with Gasteiger partial charge in [-0.3, -0.25) is 4.79 Å². The summed E-state index contributed by atoms with van der Waals surface area (Å²) in [6.45, 7) is 3.51. The molecule has 0 aliphatic heterocycles. The Morgan fingerprint density at radius 1 is 1.30 bits per heavy atom. The van der Waals surface area contributed by atoms with Crippen LogP contribution < -0.4 is 5.32 Å². The second-order valence-corrected chi connectivity index (χ2v) is 5.14. The van der Waals surface area contributed by atoms with E-state index >= 15 is 0 Å². The third kappa shape index (κ3) is 2.86. The number of aromatic hydroxyl groups is 1. The normalized spacial score (nSPS) is 10.4. The first-order valence-electron chi connectivity index (χ1n) is 5.81. The second-order valence-electron chi connectivity index (χ2n) is 4.34. The number of phenolic OH excluding ortho intramolecular Hbond substituents is 1. The van der Waals surface area contributed by atoms with Gasteiger partial charge in [0.05, 0.1) is 10.6 Å². The molecule has 4 nitrogen and oxygen atoms in total. The molecular formula is C14H12Cl2N2O2. The number of nitrogens with one attached hydrogen (secondary N) is 1. The van der Waals surface area contributed by atoms with E-state index in [9.17, 15) is 9.90 Å². The first kappa shape index (κ1) is 14.6. The minimum Gasteiger partial charge on any atom is -0.507 e. The third-order valence-corrected chi connectivity index (χ3v) is 3.46. The smallest absolute Gasteiger partial charge is 0.257 e. The lowest BCUT2D eigenvalue weighted by Crippen LogP contribution is -2.13. The zero-order valence-corrected chi connectivity index (χ0v) is 12.4. The lowest BCUT2D eigenvalue weighted by Gasteiger charge is -2.12. The Balaban J connectivity index is 2.33. The molecule has 1 aromatic heterocycles. The number of hydrogen-bond acceptors (Lipinski definition) is 3. The highest BCUT2D eigenvalue weighted by atomic mass is 35.5. The predicted molar refractivity (Wildman–Crippen MR) is 79.8 cm³/mol. The van der Waals surface area contributed by atoms with Gasteiger partial charge in [0.1, 0.15) is 10.9 Å². The van der Waals surface area contributed by atoms with Gasteiger partial charge < -0.3 is 10.4 Å². The maximum absolute atomic E-state index is 12.2. The molecule has 20 heavy (non-hydrogen) atoms. The van der Waals surface area contributed by atoms with Gasteiger partial charge in [0.25, 0.3) is 5.91 Å². The van der Waals surface area contributed by atoms with Crippen LogP contribution >= 0.6 is 23.2 Å². The highest BCUT2D eigenvalue weighted by molar-refractivity contribution is 6.35. The summed E-state index contributed by atoms with van der Waals surface area (Å²) >= 11 is 11.7. The van der Waals surface area contributed by atoms with Gasteiger partial charge in [-0.1, -0.05) is 29.3 Å². The van der Waals surface area contributed by atoms with Gasteiger partial charge in [-0.2, -0.15) is 0 Å². The van der Waals surface area contributed by atoms with E-state index in [1.165, 1.54) is 12.3 Å². The van der Waals surface area contributed by atoms with Crippen LogP contribution in [0.2, 0.25) is 10.2 Å². The number of carbonyl (C=O) groups excluding carboxylic acids is 1. The number of aromatic nitrogens is 1. The van der Waals surface area contributed by atoms with Gasteiger partial charge in [-0.25, -0.2) is 4.98 Å². The van der Waals surface area contributed by atoms with Crippen LogP contribution in [0, 0.1) is 13.8 Å². The molecule has 6 heteroatoms. The molecule has 1 amide bonds. The van der Waals surface area contributed by atoms with Crippen LogP contribution in [0.5, 0.6) is 5.75 Å². The van der Waals surface area contributed by atoms with Crippen molar-refractivity contribution in [2.24, 2.45) is 0 Å². The number of hydrogen-bond donors (Lipinski definition) is 2. The van der Waals surface area contributed by atoms with E-state index in [4.69, 9.17) is 23.2 Å². The van der Waals surface area contributed by atoms with Crippen molar-refractivity contribution in [3.63, 3.8) is 0 Å². The molecule has 0 bridgehead atoms. The molecular weight excluding hydrogens is 299 g/mol. The van der Waals surface area contributed by atoms with Crippen molar-refractivity contribution in [1.29, 1.82) is 0 Å². The Kier molecular flexibility index (Phi) is 4.16. The first-order valence-corrected chi connectivity index (χ1v) is 6.57. The van der Waals surface area contributed by atoms with Crippen molar-refractivity contribution in [2.75, 3.05) is 5.32 Å². The summed E-state index contributed by atoms with van der Waals surface area (Å²) in [6, 6.07) is 4.83. The Labute approximate surface area is 126 Å². The summed E-state index contributed by atoms with van der Waals surface area (Å²) in [4.78, 5) is 16.0. The van der Waals surface area contributed by atoms with Crippen LogP contribution in [-0.2, 0) is 0 Å². The summed E-state index contributed by atoms with van der Waals surface area (Å²) in [5.41, 5.74) is 2.08. The lowest BCUT2D eigenvalue weighted by molar-refractivity contribution is 0.102. The van der Waals surface area contributed by atoms with E-state index in [-0.39, 0.29) is 21.5 Å². The quantitative estimate of drug-likeness (QED) is 0.825. The summed E-state index contributed by atoms with van der Waals surface area (Å²) < 4.78 is 0. The number of pyridine rings is 1. The fourth-order valence-corrected chi connectivity index (χ4v) is 2.09. The Bertz CT molecular complexity index is 687. The molecule has 2 aromatic rings. The maximum atomic E-state index is 12.2. The van der Waals surface area contributed by atoms with Crippen LogP contribution in [-0.4, -0.2) is 16.0 Å². The van der Waals surface area contributed by atoms with E-state index in [0.29, 0.717) is 11.3 Å². The van der Waals surface area contributed by atoms with Gasteiger partial charge in [0, 0.05) is 17.4 Å². The number of nitrogens with zero attached hydrogens (tertiary/aromatic N) is 1. The van der Waals surface area contributed by atoms with Gasteiger partial charge in [0.15, 0.2) is 0 Å². The number of anilines is 1. The van der Waals surface area contributed by atoms with E-state index < -0.39 is 5.91 Å². The number of carbonyl (C=O) groups is 1. The minimum absolute atomic E-state index is 0.154. The molecule has 1 aromatic carbocycles. The van der Waals surface area contributed by atoms with Crippen LogP contribution in [0.1, 0.15) is 21.5 Å². The van der Waals surface area contributed by atoms with Crippen molar-refractivity contribution in [3.8, 4) is 5.75 Å². The SMILES string of the molecule is Cc1ccc(NC(=O)c2cc(Cl)ncc2Cl)c(C)c1O. The molecule has 0 saturated heterocycles. The van der Waals surface area contributed by atoms with Crippen LogP contribution in [0.3, 0.4) is 0 Å². The maximum Gasteiger partial charge on any atom is 0.257 e. The van der Waals surface area contributed by atoms with Crippen molar-refractivity contribution in [1.82, 2.24) is 4.98 Å². The van der Waals surface area contributed by atoms with E-state index in [1.807, 2.05) is 0 Å². The number of rotatable bonds is 2. The zero-order valence-electron chi connectivity index (χ0n) is 10.9. The molecule has 0 radical (unpaired) electrons. The van der Waals surface area contributed by atoms with Gasteiger partial charge in [-0.05, 0) is 31.5 Å². The number of aryl methyl sites for hydroxylation is 1. The molecule has 1 heterocycles. The molecule has 0 aliphatic rings. The topological polar surface area (TPSA) is 62.2 Å². The largest absolute Gasteiger partial charge is 0.507 e. The Morgan fingerprint density at radius 2 is 2.00 bits per heavy atom. The summed E-state index contributed by atoms with van der Waals surface area (Å²) in [7, 11) is 0. The van der Waals surface area contributed by atoms with Gasteiger partial charge in [0.2, 0.25) is 0 Å². The first-order chi connectivity index (χ1) is 9.40. The summed E-state index contributed by atoms with van der Waals surface area (Å²) in [6.07, 6.45) is 1.32. The number of halogens is 2. The van der Waals surface area contributed by atoms with Crippen LogP contribution in [0.4, 0.5) is 5.69 Å². The predicted octanol–water partition coefficient (Wildman–Crippen LogP) is 3.96. The van der Waals surface area contributed by atoms with Crippen molar-refractivity contribution in [2.45, 2.75) is 13.8 Å². The highest BCUT2D eigenvalue weighted by Crippen LogP contribution is 2.29. The molecule has 0 atom stereocenters. The van der Waals surface area contributed by atoms with Crippen molar-refractivity contribution >= 4 is 34.8 Å². The van der Waals surface area contributed by atoms with E-state index in [2.05, 4.69) is 10.3 Å². The average Bonchev–Trinajstić information content (AvgIpc) is 2.42. The molecule has 0 fully saturated rings.